The van der Waals surface area contributed by atoms with E-state index in [0.717, 1.165) is 0 Å². The standard InChI is InChI=1S/C5H8O3S/c6-4-1-2-5(3-4)9(7)8/h5H,1-3H2,(H,7,8)/p-1. The van der Waals surface area contributed by atoms with Gasteiger partial charge in [-0.25, -0.2) is 0 Å². The normalized spacial score (nSPS) is 30.8. The third-order valence-corrected chi connectivity index (χ3v) is 2.42. The van der Waals surface area contributed by atoms with E-state index in [1.807, 2.05) is 0 Å². The highest BCUT2D eigenvalue weighted by atomic mass is 32.2. The molecule has 0 N–H and O–H groups in total. The van der Waals surface area contributed by atoms with Crippen LogP contribution in [0, 0.1) is 0 Å². The van der Waals surface area contributed by atoms with Crippen molar-refractivity contribution in [2.45, 2.75) is 24.5 Å². The molecule has 1 rings (SSSR count). The van der Waals surface area contributed by atoms with Gasteiger partial charge in [0.1, 0.15) is 5.78 Å². The van der Waals surface area contributed by atoms with Crippen molar-refractivity contribution < 1.29 is 13.6 Å². The third-order valence-electron chi connectivity index (χ3n) is 1.47. The van der Waals surface area contributed by atoms with E-state index in [1.165, 1.54) is 0 Å². The Hall–Kier alpha value is -0.220. The van der Waals surface area contributed by atoms with Gasteiger partial charge in [0.15, 0.2) is 0 Å². The maximum atomic E-state index is 10.5. The van der Waals surface area contributed by atoms with Crippen molar-refractivity contribution in [2.24, 2.45) is 0 Å². The van der Waals surface area contributed by atoms with Gasteiger partial charge in [0.25, 0.3) is 0 Å². The summed E-state index contributed by atoms with van der Waals surface area (Å²) >= 11 is -2.03. The number of Topliss-reactive ketones (excluding diaryl/α,β-unsaturated/α-hetero) is 1. The lowest BCUT2D eigenvalue weighted by atomic mass is 10.4. The van der Waals surface area contributed by atoms with E-state index in [2.05, 4.69) is 0 Å². The Morgan fingerprint density at radius 1 is 1.67 bits per heavy atom. The van der Waals surface area contributed by atoms with Gasteiger partial charge in [0.05, 0.1) is 0 Å². The quantitative estimate of drug-likeness (QED) is 0.490. The summed E-state index contributed by atoms with van der Waals surface area (Å²) in [7, 11) is 0. The number of ketones is 1. The zero-order valence-corrected chi connectivity index (χ0v) is 5.65. The first kappa shape index (κ1) is 6.89. The smallest absolute Gasteiger partial charge is 0.134 e. The van der Waals surface area contributed by atoms with Gasteiger partial charge in [-0.15, -0.1) is 0 Å². The molecule has 0 aromatic heterocycles. The molecule has 0 bridgehead atoms. The molecule has 0 radical (unpaired) electrons. The molecule has 3 nitrogen and oxygen atoms in total. The molecule has 0 spiro atoms. The van der Waals surface area contributed by atoms with Gasteiger partial charge in [0.2, 0.25) is 0 Å². The predicted octanol–water partition coefficient (Wildman–Crippen LogP) is -0.0129. The van der Waals surface area contributed by atoms with Gasteiger partial charge < -0.3 is 4.55 Å². The van der Waals surface area contributed by atoms with Gasteiger partial charge >= 0.3 is 0 Å². The van der Waals surface area contributed by atoms with Gasteiger partial charge in [-0.3, -0.25) is 9.00 Å². The molecule has 4 heteroatoms. The highest BCUT2D eigenvalue weighted by molar-refractivity contribution is 7.79. The van der Waals surface area contributed by atoms with Crippen LogP contribution < -0.4 is 0 Å². The second kappa shape index (κ2) is 2.58. The van der Waals surface area contributed by atoms with Crippen LogP contribution in [0.5, 0.6) is 0 Å². The molecule has 1 saturated carbocycles. The minimum atomic E-state index is -2.03. The number of hydrogen-bond donors (Lipinski definition) is 0. The van der Waals surface area contributed by atoms with E-state index in [0.29, 0.717) is 12.8 Å². The summed E-state index contributed by atoms with van der Waals surface area (Å²) in [6.45, 7) is 0. The molecule has 9 heavy (non-hydrogen) atoms. The Balaban J connectivity index is 2.48. The molecular formula is C5H7O3S-. The minimum Gasteiger partial charge on any atom is -0.772 e. The summed E-state index contributed by atoms with van der Waals surface area (Å²) in [6.07, 6.45) is 1.20. The first-order valence-electron chi connectivity index (χ1n) is 2.80. The molecule has 2 atom stereocenters. The Bertz CT molecular complexity index is 154. The molecular weight excluding hydrogens is 140 g/mol. The summed E-state index contributed by atoms with van der Waals surface area (Å²) in [5.74, 6) is 0.0733. The van der Waals surface area contributed by atoms with Crippen LogP contribution in [-0.2, 0) is 15.9 Å². The van der Waals surface area contributed by atoms with Crippen LogP contribution in [0.3, 0.4) is 0 Å². The van der Waals surface area contributed by atoms with Crippen LogP contribution >= 0.6 is 0 Å². The average molecular weight is 147 g/mol. The van der Waals surface area contributed by atoms with Crippen LogP contribution in [0.2, 0.25) is 0 Å². The lowest BCUT2D eigenvalue weighted by Gasteiger charge is -2.09. The molecule has 1 aliphatic rings. The Kier molecular flexibility index (Phi) is 1.97. The van der Waals surface area contributed by atoms with E-state index in [1.54, 1.807) is 0 Å². The second-order valence-corrected chi connectivity index (χ2v) is 3.35. The molecule has 1 aliphatic carbocycles. The van der Waals surface area contributed by atoms with E-state index >= 15 is 0 Å². The fraction of sp³-hybridized carbons (Fsp3) is 0.800. The Labute approximate surface area is 55.7 Å². The second-order valence-electron chi connectivity index (χ2n) is 2.16. The molecule has 0 heterocycles. The fourth-order valence-corrected chi connectivity index (χ4v) is 1.58. The van der Waals surface area contributed by atoms with Gasteiger partial charge in [-0.1, -0.05) is 11.1 Å². The van der Waals surface area contributed by atoms with Crippen LogP contribution in [0.1, 0.15) is 19.3 Å². The molecule has 1 fully saturated rings. The van der Waals surface area contributed by atoms with Gasteiger partial charge in [0, 0.05) is 18.1 Å². The maximum Gasteiger partial charge on any atom is 0.134 e. The highest BCUT2D eigenvalue weighted by Crippen LogP contribution is 2.18. The van der Waals surface area contributed by atoms with Crippen molar-refractivity contribution in [2.75, 3.05) is 0 Å². The topological polar surface area (TPSA) is 57.2 Å². The summed E-state index contributed by atoms with van der Waals surface area (Å²) in [4.78, 5) is 10.5. The van der Waals surface area contributed by atoms with Crippen molar-refractivity contribution >= 4 is 16.9 Å². The average Bonchev–Trinajstić information content (AvgIpc) is 2.14. The molecule has 0 saturated heterocycles. The van der Waals surface area contributed by atoms with Crippen LogP contribution in [0.4, 0.5) is 0 Å². The molecule has 0 aliphatic heterocycles. The summed E-state index contributed by atoms with van der Waals surface area (Å²) in [5.41, 5.74) is 0. The van der Waals surface area contributed by atoms with E-state index < -0.39 is 16.3 Å². The highest BCUT2D eigenvalue weighted by Gasteiger charge is 2.22. The van der Waals surface area contributed by atoms with Crippen molar-refractivity contribution in [1.82, 2.24) is 0 Å². The van der Waals surface area contributed by atoms with Gasteiger partial charge in [-0.05, 0) is 6.42 Å². The molecule has 0 amide bonds. The first-order valence-corrected chi connectivity index (χ1v) is 3.93. The minimum absolute atomic E-state index is 0.0733. The Morgan fingerprint density at radius 2 is 2.33 bits per heavy atom. The van der Waals surface area contributed by atoms with Crippen LogP contribution in [0.25, 0.3) is 0 Å². The number of carbonyl (C=O) groups is 1. The van der Waals surface area contributed by atoms with Gasteiger partial charge in [-0.2, -0.15) is 0 Å². The largest absolute Gasteiger partial charge is 0.772 e. The van der Waals surface area contributed by atoms with Crippen molar-refractivity contribution in [3.05, 3.63) is 0 Å². The predicted molar refractivity (Wildman–Crippen MR) is 31.6 cm³/mol. The zero-order valence-electron chi connectivity index (χ0n) is 4.83. The SMILES string of the molecule is O=C1CCC(S(=O)[O-])C1. The third kappa shape index (κ3) is 1.59. The molecule has 52 valence electrons. The van der Waals surface area contributed by atoms with Crippen molar-refractivity contribution in [3.63, 3.8) is 0 Å². The molecule has 0 aromatic rings. The molecule has 2 unspecified atom stereocenters. The number of rotatable bonds is 1. The first-order chi connectivity index (χ1) is 4.20. The summed E-state index contributed by atoms with van der Waals surface area (Å²) < 4.78 is 20.4. The van der Waals surface area contributed by atoms with Crippen LogP contribution in [0.15, 0.2) is 0 Å². The summed E-state index contributed by atoms with van der Waals surface area (Å²) in [5, 5.41) is -0.391. The zero-order chi connectivity index (χ0) is 6.85. The lowest BCUT2D eigenvalue weighted by Crippen LogP contribution is -2.09. The fourth-order valence-electron chi connectivity index (χ4n) is 0.944. The lowest BCUT2D eigenvalue weighted by molar-refractivity contribution is -0.117. The number of carbonyl (C=O) groups excluding carboxylic acids is 1. The van der Waals surface area contributed by atoms with Crippen LogP contribution in [-0.4, -0.2) is 19.8 Å². The maximum absolute atomic E-state index is 10.5. The van der Waals surface area contributed by atoms with E-state index in [9.17, 15) is 13.6 Å². The monoisotopic (exact) mass is 147 g/mol. The molecule has 0 aromatic carbocycles. The van der Waals surface area contributed by atoms with Crippen molar-refractivity contribution in [1.29, 1.82) is 0 Å². The van der Waals surface area contributed by atoms with Crippen molar-refractivity contribution in [3.8, 4) is 0 Å². The van der Waals surface area contributed by atoms with E-state index in [-0.39, 0.29) is 12.2 Å². The van der Waals surface area contributed by atoms with E-state index in [4.69, 9.17) is 0 Å². The number of hydrogen-bond acceptors (Lipinski definition) is 3. The Morgan fingerprint density at radius 3 is 2.56 bits per heavy atom. The summed E-state index contributed by atoms with van der Waals surface area (Å²) in [6, 6.07) is 0.